The Hall–Kier alpha value is 0.0900. The molecule has 74 valence electrons. The van der Waals surface area contributed by atoms with Gasteiger partial charge in [0.25, 0.3) is 0 Å². The second kappa shape index (κ2) is 4.96. The molecule has 0 aromatic carbocycles. The number of nitrogens with one attached hydrogen (secondary N) is 1. The SMILES string of the molecule is Cl.OCC1NCC(O)[C@@H](O)[C@@H]1O. The van der Waals surface area contributed by atoms with Crippen molar-refractivity contribution >= 4 is 12.4 Å². The Labute approximate surface area is 76.4 Å². The van der Waals surface area contributed by atoms with Gasteiger partial charge >= 0.3 is 0 Å². The fourth-order valence-corrected chi connectivity index (χ4v) is 1.15. The number of aliphatic hydroxyl groups is 4. The molecule has 1 aliphatic heterocycles. The largest absolute Gasteiger partial charge is 0.395 e. The summed E-state index contributed by atoms with van der Waals surface area (Å²) in [7, 11) is 0. The van der Waals surface area contributed by atoms with E-state index in [1.165, 1.54) is 0 Å². The first-order valence-electron chi connectivity index (χ1n) is 3.55. The van der Waals surface area contributed by atoms with Gasteiger partial charge in [-0.3, -0.25) is 0 Å². The van der Waals surface area contributed by atoms with E-state index in [2.05, 4.69) is 5.32 Å². The van der Waals surface area contributed by atoms with Crippen LogP contribution in [0.15, 0.2) is 0 Å². The first kappa shape index (κ1) is 12.1. The van der Waals surface area contributed by atoms with E-state index >= 15 is 0 Å². The summed E-state index contributed by atoms with van der Waals surface area (Å²) in [4.78, 5) is 0. The van der Waals surface area contributed by atoms with Crippen molar-refractivity contribution in [2.24, 2.45) is 0 Å². The summed E-state index contributed by atoms with van der Waals surface area (Å²) >= 11 is 0. The van der Waals surface area contributed by atoms with Gasteiger partial charge in [0.2, 0.25) is 0 Å². The minimum Gasteiger partial charge on any atom is -0.395 e. The van der Waals surface area contributed by atoms with Crippen LogP contribution >= 0.6 is 12.4 Å². The maximum absolute atomic E-state index is 9.18. The van der Waals surface area contributed by atoms with Crippen molar-refractivity contribution in [3.63, 3.8) is 0 Å². The van der Waals surface area contributed by atoms with E-state index in [4.69, 9.17) is 15.3 Å². The molecular weight excluding hydrogens is 186 g/mol. The second-order valence-electron chi connectivity index (χ2n) is 2.75. The molecule has 1 fully saturated rings. The minimum atomic E-state index is -1.16. The maximum atomic E-state index is 9.18. The van der Waals surface area contributed by atoms with Crippen LogP contribution in [0.4, 0.5) is 0 Å². The van der Waals surface area contributed by atoms with Crippen molar-refractivity contribution in [3.8, 4) is 0 Å². The van der Waals surface area contributed by atoms with Crippen LogP contribution in [-0.2, 0) is 0 Å². The third-order valence-corrected chi connectivity index (χ3v) is 1.94. The number of halogens is 1. The van der Waals surface area contributed by atoms with Gasteiger partial charge in [-0.05, 0) is 0 Å². The number of rotatable bonds is 1. The van der Waals surface area contributed by atoms with Gasteiger partial charge in [0, 0.05) is 6.54 Å². The fourth-order valence-electron chi connectivity index (χ4n) is 1.15. The Morgan fingerprint density at radius 3 is 2.25 bits per heavy atom. The maximum Gasteiger partial charge on any atom is 0.109 e. The molecule has 4 atom stereocenters. The topological polar surface area (TPSA) is 93.0 Å². The second-order valence-corrected chi connectivity index (χ2v) is 2.75. The molecule has 0 saturated carbocycles. The lowest BCUT2D eigenvalue weighted by Gasteiger charge is -2.34. The molecule has 0 radical (unpaired) electrons. The molecule has 12 heavy (non-hydrogen) atoms. The average molecular weight is 200 g/mol. The molecule has 5 nitrogen and oxygen atoms in total. The summed E-state index contributed by atoms with van der Waals surface area (Å²) in [6.45, 7) is -0.0472. The lowest BCUT2D eigenvalue weighted by molar-refractivity contribution is -0.101. The van der Waals surface area contributed by atoms with E-state index in [-0.39, 0.29) is 25.6 Å². The minimum absolute atomic E-state index is 0. The van der Waals surface area contributed by atoms with Crippen LogP contribution in [-0.4, -0.2) is 57.9 Å². The predicted molar refractivity (Wildman–Crippen MR) is 44.1 cm³/mol. The molecule has 5 N–H and O–H groups in total. The number of aliphatic hydroxyl groups excluding tert-OH is 4. The quantitative estimate of drug-likeness (QED) is 0.321. The summed E-state index contributed by atoms with van der Waals surface area (Å²) < 4.78 is 0. The molecule has 1 heterocycles. The van der Waals surface area contributed by atoms with Gasteiger partial charge in [0.05, 0.1) is 24.9 Å². The number of hydrogen-bond donors (Lipinski definition) is 5. The van der Waals surface area contributed by atoms with Gasteiger partial charge in [-0.1, -0.05) is 0 Å². The number of hydrogen-bond acceptors (Lipinski definition) is 5. The van der Waals surface area contributed by atoms with Crippen molar-refractivity contribution in [3.05, 3.63) is 0 Å². The van der Waals surface area contributed by atoms with Gasteiger partial charge < -0.3 is 25.7 Å². The van der Waals surface area contributed by atoms with Crippen molar-refractivity contribution in [2.45, 2.75) is 24.4 Å². The lowest BCUT2D eigenvalue weighted by Crippen LogP contribution is -2.60. The smallest absolute Gasteiger partial charge is 0.109 e. The van der Waals surface area contributed by atoms with Crippen molar-refractivity contribution < 1.29 is 20.4 Å². The Kier molecular flexibility index (Phi) is 5.00. The highest BCUT2D eigenvalue weighted by Gasteiger charge is 2.35. The van der Waals surface area contributed by atoms with E-state index in [0.29, 0.717) is 0 Å². The van der Waals surface area contributed by atoms with Crippen molar-refractivity contribution in [1.29, 1.82) is 0 Å². The highest BCUT2D eigenvalue weighted by atomic mass is 35.5. The van der Waals surface area contributed by atoms with Crippen LogP contribution in [0.2, 0.25) is 0 Å². The van der Waals surface area contributed by atoms with E-state index in [1.807, 2.05) is 0 Å². The molecule has 6 heteroatoms. The molecule has 0 spiro atoms. The van der Waals surface area contributed by atoms with E-state index in [1.54, 1.807) is 0 Å². The Morgan fingerprint density at radius 2 is 1.75 bits per heavy atom. The van der Waals surface area contributed by atoms with Gasteiger partial charge in [-0.25, -0.2) is 0 Å². The van der Waals surface area contributed by atoms with Gasteiger partial charge in [0.1, 0.15) is 6.10 Å². The van der Waals surface area contributed by atoms with Crippen molar-refractivity contribution in [1.82, 2.24) is 5.32 Å². The Morgan fingerprint density at radius 1 is 1.17 bits per heavy atom. The molecular formula is C6H14ClNO4. The highest BCUT2D eigenvalue weighted by molar-refractivity contribution is 5.85. The van der Waals surface area contributed by atoms with Crippen molar-refractivity contribution in [2.75, 3.05) is 13.2 Å². The van der Waals surface area contributed by atoms with Gasteiger partial charge in [-0.2, -0.15) is 0 Å². The highest BCUT2D eigenvalue weighted by Crippen LogP contribution is 2.09. The zero-order valence-corrected chi connectivity index (χ0v) is 7.24. The molecule has 2 unspecified atom stereocenters. The van der Waals surface area contributed by atoms with Crippen LogP contribution in [0.5, 0.6) is 0 Å². The van der Waals surface area contributed by atoms with Crippen LogP contribution in [0, 0.1) is 0 Å². The number of piperidine rings is 1. The number of β-amino-alcohol motifs (C(OH)–C–C–N with tert-alkyl or cyclic N) is 1. The van der Waals surface area contributed by atoms with E-state index in [0.717, 1.165) is 0 Å². The molecule has 1 rings (SSSR count). The summed E-state index contributed by atoms with van der Waals surface area (Å²) in [5.74, 6) is 0. The Balaban J connectivity index is 0.00000121. The first-order valence-corrected chi connectivity index (χ1v) is 3.55. The lowest BCUT2D eigenvalue weighted by atomic mass is 9.97. The Bertz CT molecular complexity index is 135. The summed E-state index contributed by atoms with van der Waals surface area (Å²) in [6.07, 6.45) is -3.20. The average Bonchev–Trinajstić information content (AvgIpc) is 2.01. The molecule has 1 saturated heterocycles. The molecule has 0 bridgehead atoms. The monoisotopic (exact) mass is 199 g/mol. The van der Waals surface area contributed by atoms with Crippen LogP contribution in [0.3, 0.4) is 0 Å². The van der Waals surface area contributed by atoms with Crippen LogP contribution in [0.1, 0.15) is 0 Å². The van der Waals surface area contributed by atoms with Gasteiger partial charge in [-0.15, -0.1) is 12.4 Å². The molecule has 0 aromatic heterocycles. The molecule has 0 aromatic rings. The standard InChI is InChI=1S/C6H13NO4.ClH/c8-2-3-5(10)6(11)4(9)1-7-3;/h3-11H,1-2H2;1H/t3?,4?,5-,6-;/m1./s1. The molecule has 0 aliphatic carbocycles. The van der Waals surface area contributed by atoms with E-state index < -0.39 is 24.4 Å². The van der Waals surface area contributed by atoms with Crippen LogP contribution in [0.25, 0.3) is 0 Å². The third-order valence-electron chi connectivity index (χ3n) is 1.94. The summed E-state index contributed by atoms with van der Waals surface area (Å²) in [5, 5.41) is 38.6. The zero-order chi connectivity index (χ0) is 8.43. The van der Waals surface area contributed by atoms with Crippen LogP contribution < -0.4 is 5.32 Å². The fraction of sp³-hybridized carbons (Fsp3) is 1.00. The predicted octanol–water partition coefficient (Wildman–Crippen LogP) is -2.54. The normalized spacial score (nSPS) is 42.0. The van der Waals surface area contributed by atoms with Gasteiger partial charge in [0.15, 0.2) is 0 Å². The summed E-state index contributed by atoms with van der Waals surface area (Å²) in [5.41, 5.74) is 0. The van der Waals surface area contributed by atoms with E-state index in [9.17, 15) is 5.11 Å². The molecule has 0 amide bonds. The summed E-state index contributed by atoms with van der Waals surface area (Å²) in [6, 6.07) is -0.534. The molecule has 1 aliphatic rings. The first-order chi connectivity index (χ1) is 5.16. The zero-order valence-electron chi connectivity index (χ0n) is 6.42. The third kappa shape index (κ3) is 2.29.